The van der Waals surface area contributed by atoms with Crippen molar-refractivity contribution in [2.24, 2.45) is 0 Å². The summed E-state index contributed by atoms with van der Waals surface area (Å²) >= 11 is 0. The molecule has 3 aromatic rings. The van der Waals surface area contributed by atoms with Gasteiger partial charge in [-0.3, -0.25) is 0 Å². The molecule has 0 amide bonds. The first-order chi connectivity index (χ1) is 9.56. The molecule has 1 aromatic carbocycles. The molecule has 3 rings (SSSR count). The fourth-order valence-corrected chi connectivity index (χ4v) is 2.07. The zero-order chi connectivity index (χ0) is 14.3. The van der Waals surface area contributed by atoms with Crippen molar-refractivity contribution in [2.75, 3.05) is 0 Å². The molecular weight excluding hydrogens is 261 g/mol. The molecule has 0 saturated heterocycles. The predicted molar refractivity (Wildman–Crippen MR) is 71.0 cm³/mol. The van der Waals surface area contributed by atoms with Crippen LogP contribution in [0.4, 0.5) is 4.39 Å². The number of fused-ring (bicyclic) bond motifs is 1. The van der Waals surface area contributed by atoms with Crippen LogP contribution in [0, 0.1) is 12.7 Å². The number of imidazole rings is 1. The quantitative estimate of drug-likeness (QED) is 0.751. The van der Waals surface area contributed by atoms with Gasteiger partial charge in [-0.05, 0) is 30.7 Å². The van der Waals surface area contributed by atoms with Crippen molar-refractivity contribution in [1.29, 1.82) is 0 Å². The number of hydrogen-bond acceptors (Lipinski definition) is 3. The molecule has 0 saturated carbocycles. The van der Waals surface area contributed by atoms with Gasteiger partial charge in [-0.2, -0.15) is 0 Å². The summed E-state index contributed by atoms with van der Waals surface area (Å²) in [5.41, 5.74) is 2.13. The maximum absolute atomic E-state index is 13.3. The molecule has 5 nitrogen and oxygen atoms in total. The Morgan fingerprint density at radius 2 is 2.15 bits per heavy atom. The molecule has 0 aliphatic carbocycles. The number of benzene rings is 1. The van der Waals surface area contributed by atoms with Gasteiger partial charge in [0.05, 0.1) is 11.1 Å². The van der Waals surface area contributed by atoms with E-state index in [0.717, 1.165) is 5.56 Å². The van der Waals surface area contributed by atoms with Crippen molar-refractivity contribution in [2.45, 2.75) is 6.92 Å². The monoisotopic (exact) mass is 271 g/mol. The summed E-state index contributed by atoms with van der Waals surface area (Å²) in [6.45, 7) is 1.83. The van der Waals surface area contributed by atoms with Crippen LogP contribution in [0.2, 0.25) is 0 Å². The van der Waals surface area contributed by atoms with Gasteiger partial charge in [0.15, 0.2) is 5.65 Å². The third kappa shape index (κ3) is 1.91. The zero-order valence-corrected chi connectivity index (χ0v) is 10.5. The minimum Gasteiger partial charge on any atom is -0.478 e. The Hall–Kier alpha value is -2.76. The summed E-state index contributed by atoms with van der Waals surface area (Å²) in [5.74, 6) is -1.04. The number of pyridine rings is 1. The van der Waals surface area contributed by atoms with Gasteiger partial charge in [0.25, 0.3) is 0 Å². The maximum atomic E-state index is 13.3. The maximum Gasteiger partial charge on any atom is 0.338 e. The largest absolute Gasteiger partial charge is 0.478 e. The molecule has 6 heteroatoms. The third-order valence-corrected chi connectivity index (χ3v) is 3.08. The molecule has 100 valence electrons. The number of halogens is 1. The number of rotatable bonds is 2. The molecule has 2 heterocycles. The number of nitrogens with zero attached hydrogens (tertiary/aromatic N) is 2. The Bertz CT molecular complexity index is 826. The summed E-state index contributed by atoms with van der Waals surface area (Å²) in [6, 6.07) is 5.75. The van der Waals surface area contributed by atoms with Crippen molar-refractivity contribution in [3.8, 4) is 11.4 Å². The molecule has 20 heavy (non-hydrogen) atoms. The van der Waals surface area contributed by atoms with E-state index >= 15 is 0 Å². The lowest BCUT2D eigenvalue weighted by molar-refractivity contribution is 0.0698. The molecule has 2 N–H and O–H groups in total. The van der Waals surface area contributed by atoms with Crippen LogP contribution in [0.25, 0.3) is 22.6 Å². The second-order valence-electron chi connectivity index (χ2n) is 4.41. The van der Waals surface area contributed by atoms with Crippen LogP contribution < -0.4 is 0 Å². The topological polar surface area (TPSA) is 78.9 Å². The summed E-state index contributed by atoms with van der Waals surface area (Å²) in [7, 11) is 0. The Balaban J connectivity index is 2.26. The highest BCUT2D eigenvalue weighted by atomic mass is 19.1. The molecule has 0 aliphatic rings. The predicted octanol–water partition coefficient (Wildman–Crippen LogP) is 2.77. The average molecular weight is 271 g/mol. The SMILES string of the molecule is Cc1ccc(F)cc1-c1nc2nccc(C(=O)O)c2[nH]1. The molecular formula is C14H10FN3O2. The fraction of sp³-hybridized carbons (Fsp3) is 0.0714. The van der Waals surface area contributed by atoms with E-state index in [0.29, 0.717) is 22.6 Å². The van der Waals surface area contributed by atoms with Crippen LogP contribution in [-0.2, 0) is 0 Å². The highest BCUT2D eigenvalue weighted by Crippen LogP contribution is 2.25. The Morgan fingerprint density at radius 3 is 2.90 bits per heavy atom. The number of carboxylic acid groups (broad SMARTS) is 1. The van der Waals surface area contributed by atoms with Crippen LogP contribution >= 0.6 is 0 Å². The summed E-state index contributed by atoms with van der Waals surface area (Å²) in [6.07, 6.45) is 1.38. The van der Waals surface area contributed by atoms with Crippen molar-refractivity contribution < 1.29 is 14.3 Å². The molecule has 0 radical (unpaired) electrons. The van der Waals surface area contributed by atoms with E-state index < -0.39 is 5.97 Å². The number of carbonyl (C=O) groups is 1. The summed E-state index contributed by atoms with van der Waals surface area (Å²) in [4.78, 5) is 22.3. The summed E-state index contributed by atoms with van der Waals surface area (Å²) in [5, 5.41) is 9.13. The number of H-pyrrole nitrogens is 1. The second kappa shape index (κ2) is 4.41. The first-order valence-electron chi connectivity index (χ1n) is 5.91. The molecule has 0 atom stereocenters. The first kappa shape index (κ1) is 12.3. The smallest absolute Gasteiger partial charge is 0.338 e. The van der Waals surface area contributed by atoms with Gasteiger partial charge in [-0.1, -0.05) is 6.07 Å². The van der Waals surface area contributed by atoms with E-state index in [1.165, 1.54) is 24.4 Å². The fourth-order valence-electron chi connectivity index (χ4n) is 2.07. The third-order valence-electron chi connectivity index (χ3n) is 3.08. The highest BCUT2D eigenvalue weighted by Gasteiger charge is 2.15. The van der Waals surface area contributed by atoms with Gasteiger partial charge in [-0.25, -0.2) is 19.2 Å². The van der Waals surface area contributed by atoms with E-state index in [-0.39, 0.29) is 11.4 Å². The van der Waals surface area contributed by atoms with Crippen LogP contribution in [0.15, 0.2) is 30.5 Å². The van der Waals surface area contributed by atoms with E-state index in [9.17, 15) is 9.18 Å². The second-order valence-corrected chi connectivity index (χ2v) is 4.41. The number of hydrogen-bond donors (Lipinski definition) is 2. The van der Waals surface area contributed by atoms with Gasteiger partial charge in [0.1, 0.15) is 11.6 Å². The standard InChI is InChI=1S/C14H10FN3O2/c1-7-2-3-8(15)6-10(7)12-17-11-9(14(19)20)4-5-16-13(11)18-12/h2-6H,1H3,(H,19,20)(H,16,17,18). The van der Waals surface area contributed by atoms with Crippen molar-refractivity contribution in [3.05, 3.63) is 47.4 Å². The van der Waals surface area contributed by atoms with Gasteiger partial charge in [-0.15, -0.1) is 0 Å². The van der Waals surface area contributed by atoms with Crippen LogP contribution in [0.3, 0.4) is 0 Å². The van der Waals surface area contributed by atoms with Gasteiger partial charge >= 0.3 is 5.97 Å². The number of carboxylic acids is 1. The van der Waals surface area contributed by atoms with Crippen molar-refractivity contribution in [3.63, 3.8) is 0 Å². The molecule has 0 unspecified atom stereocenters. The van der Waals surface area contributed by atoms with Crippen molar-refractivity contribution in [1.82, 2.24) is 15.0 Å². The van der Waals surface area contributed by atoms with E-state index in [2.05, 4.69) is 15.0 Å². The van der Waals surface area contributed by atoms with Gasteiger partial charge in [0, 0.05) is 11.8 Å². The minimum absolute atomic E-state index is 0.0859. The van der Waals surface area contributed by atoms with Gasteiger partial charge in [0.2, 0.25) is 0 Å². The lowest BCUT2D eigenvalue weighted by Crippen LogP contribution is -1.97. The molecule has 0 fully saturated rings. The Labute approximate surface area is 113 Å². The van der Waals surface area contributed by atoms with E-state index in [1.807, 2.05) is 6.92 Å². The van der Waals surface area contributed by atoms with Crippen LogP contribution in [0.5, 0.6) is 0 Å². The molecule has 2 aromatic heterocycles. The van der Waals surface area contributed by atoms with Crippen LogP contribution in [0.1, 0.15) is 15.9 Å². The molecule has 0 aliphatic heterocycles. The number of nitrogens with one attached hydrogen (secondary N) is 1. The Kier molecular flexibility index (Phi) is 2.71. The average Bonchev–Trinajstić information content (AvgIpc) is 2.84. The Morgan fingerprint density at radius 1 is 1.35 bits per heavy atom. The van der Waals surface area contributed by atoms with E-state index in [4.69, 9.17) is 5.11 Å². The zero-order valence-electron chi connectivity index (χ0n) is 10.5. The molecule has 0 bridgehead atoms. The lowest BCUT2D eigenvalue weighted by atomic mass is 10.1. The van der Waals surface area contributed by atoms with Gasteiger partial charge < -0.3 is 10.1 Å². The molecule has 0 spiro atoms. The van der Waals surface area contributed by atoms with Crippen molar-refractivity contribution >= 4 is 17.1 Å². The highest BCUT2D eigenvalue weighted by molar-refractivity contribution is 6.00. The normalized spacial score (nSPS) is 10.9. The lowest BCUT2D eigenvalue weighted by Gasteiger charge is -2.01. The summed E-state index contributed by atoms with van der Waals surface area (Å²) < 4.78 is 13.3. The number of aromatic nitrogens is 3. The minimum atomic E-state index is -1.07. The first-order valence-corrected chi connectivity index (χ1v) is 5.91. The number of aromatic amines is 1. The number of aryl methyl sites for hydroxylation is 1. The number of aromatic carboxylic acids is 1. The van der Waals surface area contributed by atoms with E-state index in [1.54, 1.807) is 6.07 Å². The van der Waals surface area contributed by atoms with Crippen LogP contribution in [-0.4, -0.2) is 26.0 Å².